The lowest BCUT2D eigenvalue weighted by Gasteiger charge is -2.21. The number of nitrogens with zero attached hydrogens (tertiary/aromatic N) is 2. The number of ether oxygens (including phenoxy) is 1. The number of H-pyrrole nitrogens is 1. The predicted octanol–water partition coefficient (Wildman–Crippen LogP) is 1.73. The van der Waals surface area contributed by atoms with Crippen molar-refractivity contribution >= 4 is 16.8 Å². The predicted molar refractivity (Wildman–Crippen MR) is 113 cm³/mol. The monoisotopic (exact) mass is 394 g/mol. The highest BCUT2D eigenvalue weighted by atomic mass is 16.5. The van der Waals surface area contributed by atoms with Crippen molar-refractivity contribution in [2.45, 2.75) is 13.0 Å². The van der Waals surface area contributed by atoms with Gasteiger partial charge in [-0.3, -0.25) is 14.5 Å². The third-order valence-electron chi connectivity index (χ3n) is 4.59. The molecule has 0 aliphatic heterocycles. The number of methoxy groups -OCH3 is 1. The number of benzene rings is 2. The number of carbonyl (C=O) groups is 1. The molecule has 29 heavy (non-hydrogen) atoms. The summed E-state index contributed by atoms with van der Waals surface area (Å²) in [6.45, 7) is 2.17. The Labute approximate surface area is 169 Å². The standard InChI is InChI=1S/C22H26N4O3/c1-29-14-13-26(16-21(27)23-12-11-17-7-3-2-4-8-17)15-20-24-19-10-6-5-9-18(19)22(28)25-20/h2-10H,11-16H2,1H3,(H,23,27)(H,24,25,28). The Bertz CT molecular complexity index is 988. The highest BCUT2D eigenvalue weighted by molar-refractivity contribution is 5.78. The van der Waals surface area contributed by atoms with E-state index in [1.54, 1.807) is 13.2 Å². The molecule has 2 N–H and O–H groups in total. The summed E-state index contributed by atoms with van der Waals surface area (Å²) < 4.78 is 5.16. The van der Waals surface area contributed by atoms with Crippen LogP contribution in [0.5, 0.6) is 0 Å². The maximum absolute atomic E-state index is 12.4. The Morgan fingerprint density at radius 3 is 2.69 bits per heavy atom. The first-order valence-corrected chi connectivity index (χ1v) is 9.65. The van der Waals surface area contributed by atoms with E-state index in [9.17, 15) is 9.59 Å². The van der Waals surface area contributed by atoms with Gasteiger partial charge in [-0.25, -0.2) is 4.98 Å². The molecule has 0 bridgehead atoms. The van der Waals surface area contributed by atoms with Crippen LogP contribution in [-0.2, 0) is 22.5 Å². The lowest BCUT2D eigenvalue weighted by atomic mass is 10.1. The van der Waals surface area contributed by atoms with Gasteiger partial charge in [0.2, 0.25) is 5.91 Å². The normalized spacial score (nSPS) is 11.1. The molecule has 3 rings (SSSR count). The van der Waals surface area contributed by atoms with Crippen LogP contribution in [0.1, 0.15) is 11.4 Å². The SMILES string of the molecule is COCCN(CC(=O)NCCc1ccccc1)Cc1nc2ccccc2c(=O)[nH]1. The van der Waals surface area contributed by atoms with Crippen molar-refractivity contribution < 1.29 is 9.53 Å². The van der Waals surface area contributed by atoms with Crippen LogP contribution in [0.2, 0.25) is 0 Å². The molecule has 0 atom stereocenters. The Morgan fingerprint density at radius 2 is 1.90 bits per heavy atom. The third-order valence-corrected chi connectivity index (χ3v) is 4.59. The van der Waals surface area contributed by atoms with E-state index in [0.717, 1.165) is 6.42 Å². The van der Waals surface area contributed by atoms with E-state index < -0.39 is 0 Å². The van der Waals surface area contributed by atoms with Gasteiger partial charge in [-0.2, -0.15) is 0 Å². The average Bonchev–Trinajstić information content (AvgIpc) is 2.73. The smallest absolute Gasteiger partial charge is 0.258 e. The van der Waals surface area contributed by atoms with Crippen LogP contribution in [0.15, 0.2) is 59.4 Å². The number of nitrogens with one attached hydrogen (secondary N) is 2. The fourth-order valence-electron chi connectivity index (χ4n) is 3.11. The lowest BCUT2D eigenvalue weighted by molar-refractivity contribution is -0.122. The quantitative estimate of drug-likeness (QED) is 0.547. The number of carbonyl (C=O) groups excluding carboxylic acids is 1. The van der Waals surface area contributed by atoms with E-state index in [4.69, 9.17) is 4.74 Å². The molecule has 1 heterocycles. The van der Waals surface area contributed by atoms with Crippen LogP contribution in [0.4, 0.5) is 0 Å². The van der Waals surface area contributed by atoms with Crippen LogP contribution in [0.3, 0.4) is 0 Å². The van der Waals surface area contributed by atoms with E-state index in [2.05, 4.69) is 15.3 Å². The minimum atomic E-state index is -0.176. The summed E-state index contributed by atoms with van der Waals surface area (Å²) >= 11 is 0. The van der Waals surface area contributed by atoms with Crippen LogP contribution in [-0.4, -0.2) is 54.1 Å². The zero-order valence-electron chi connectivity index (χ0n) is 16.6. The highest BCUT2D eigenvalue weighted by Crippen LogP contribution is 2.07. The van der Waals surface area contributed by atoms with Gasteiger partial charge in [-0.1, -0.05) is 42.5 Å². The van der Waals surface area contributed by atoms with E-state index in [0.29, 0.717) is 43.0 Å². The summed E-state index contributed by atoms with van der Waals surface area (Å²) in [4.78, 5) is 33.9. The first-order valence-electron chi connectivity index (χ1n) is 9.65. The molecule has 0 radical (unpaired) electrons. The molecule has 0 spiro atoms. The molecule has 7 nitrogen and oxygen atoms in total. The first kappa shape index (κ1) is 20.7. The van der Waals surface area contributed by atoms with Crippen LogP contribution >= 0.6 is 0 Å². The molecule has 2 aromatic carbocycles. The molecule has 7 heteroatoms. The van der Waals surface area contributed by atoms with E-state index in [1.807, 2.05) is 53.4 Å². The lowest BCUT2D eigenvalue weighted by Crippen LogP contribution is -2.39. The zero-order valence-corrected chi connectivity index (χ0v) is 16.6. The number of aromatic nitrogens is 2. The Balaban J connectivity index is 1.60. The van der Waals surface area contributed by atoms with Gasteiger partial charge in [-0.05, 0) is 24.1 Å². The van der Waals surface area contributed by atoms with Crippen molar-refractivity contribution in [1.82, 2.24) is 20.2 Å². The van der Waals surface area contributed by atoms with E-state index in [1.165, 1.54) is 5.56 Å². The second-order valence-corrected chi connectivity index (χ2v) is 6.82. The van der Waals surface area contributed by atoms with Gasteiger partial charge in [0.05, 0.1) is 30.6 Å². The highest BCUT2D eigenvalue weighted by Gasteiger charge is 2.13. The van der Waals surface area contributed by atoms with Gasteiger partial charge in [0, 0.05) is 20.2 Å². The topological polar surface area (TPSA) is 87.3 Å². The van der Waals surface area contributed by atoms with Gasteiger partial charge < -0.3 is 15.0 Å². The summed E-state index contributed by atoms with van der Waals surface area (Å²) in [5.41, 5.74) is 1.65. The molecule has 1 amide bonds. The molecule has 3 aromatic rings. The van der Waals surface area contributed by atoms with E-state index >= 15 is 0 Å². The van der Waals surface area contributed by atoms with Gasteiger partial charge in [0.15, 0.2) is 0 Å². The Morgan fingerprint density at radius 1 is 1.14 bits per heavy atom. The second-order valence-electron chi connectivity index (χ2n) is 6.82. The molecule has 0 aliphatic rings. The maximum atomic E-state index is 12.4. The van der Waals surface area contributed by atoms with Crippen molar-refractivity contribution in [1.29, 1.82) is 0 Å². The summed E-state index contributed by atoms with van der Waals surface area (Å²) in [6.07, 6.45) is 0.782. The second kappa shape index (κ2) is 10.5. The number of rotatable bonds is 10. The molecule has 0 aliphatic carbocycles. The van der Waals surface area contributed by atoms with Crippen molar-refractivity contribution in [3.8, 4) is 0 Å². The number of hydrogen-bond donors (Lipinski definition) is 2. The average molecular weight is 394 g/mol. The molecular formula is C22H26N4O3. The molecule has 0 unspecified atom stereocenters. The van der Waals surface area contributed by atoms with Crippen molar-refractivity contribution in [2.24, 2.45) is 0 Å². The van der Waals surface area contributed by atoms with E-state index in [-0.39, 0.29) is 18.0 Å². The number of amides is 1. The minimum absolute atomic E-state index is 0.0693. The number of hydrogen-bond acceptors (Lipinski definition) is 5. The Hall–Kier alpha value is -3.03. The van der Waals surface area contributed by atoms with Crippen molar-refractivity contribution in [2.75, 3.05) is 33.4 Å². The molecule has 0 saturated heterocycles. The molecule has 152 valence electrons. The zero-order chi connectivity index (χ0) is 20.5. The molecule has 0 fully saturated rings. The van der Waals surface area contributed by atoms with Crippen LogP contribution in [0.25, 0.3) is 10.9 Å². The van der Waals surface area contributed by atoms with Crippen molar-refractivity contribution in [3.05, 3.63) is 76.3 Å². The summed E-state index contributed by atoms with van der Waals surface area (Å²) in [6, 6.07) is 17.2. The fourth-order valence-corrected chi connectivity index (χ4v) is 3.11. The first-order chi connectivity index (χ1) is 14.2. The minimum Gasteiger partial charge on any atom is -0.383 e. The summed E-state index contributed by atoms with van der Waals surface area (Å²) in [5, 5.41) is 3.51. The van der Waals surface area contributed by atoms with Crippen molar-refractivity contribution in [3.63, 3.8) is 0 Å². The fraction of sp³-hybridized carbons (Fsp3) is 0.318. The molecule has 1 aromatic heterocycles. The Kier molecular flexibility index (Phi) is 7.49. The van der Waals surface area contributed by atoms with Gasteiger partial charge in [0.25, 0.3) is 5.56 Å². The van der Waals surface area contributed by atoms with Gasteiger partial charge in [0.1, 0.15) is 5.82 Å². The maximum Gasteiger partial charge on any atom is 0.258 e. The summed E-state index contributed by atoms with van der Waals surface area (Å²) in [5.74, 6) is 0.460. The van der Waals surface area contributed by atoms with Gasteiger partial charge >= 0.3 is 0 Å². The molecule has 0 saturated carbocycles. The number of fused-ring (bicyclic) bond motifs is 1. The number of aromatic amines is 1. The molecular weight excluding hydrogens is 368 g/mol. The number of para-hydroxylation sites is 1. The van der Waals surface area contributed by atoms with Crippen LogP contribution < -0.4 is 10.9 Å². The third kappa shape index (κ3) is 6.23. The summed E-state index contributed by atoms with van der Waals surface area (Å²) in [7, 11) is 1.62. The van der Waals surface area contributed by atoms with Gasteiger partial charge in [-0.15, -0.1) is 0 Å². The van der Waals surface area contributed by atoms with Crippen LogP contribution in [0, 0.1) is 0 Å². The largest absolute Gasteiger partial charge is 0.383 e.